The van der Waals surface area contributed by atoms with Gasteiger partial charge in [-0.3, -0.25) is 10.1 Å². The molecule has 2 N–H and O–H groups in total. The van der Waals surface area contributed by atoms with Crippen molar-refractivity contribution in [3.63, 3.8) is 0 Å². The van der Waals surface area contributed by atoms with Crippen molar-refractivity contribution in [3.8, 4) is 11.5 Å². The number of fused-ring (bicyclic) bond motifs is 1. The maximum Gasteiger partial charge on any atom is 0.250 e. The summed E-state index contributed by atoms with van der Waals surface area (Å²) in [4.78, 5) is 16.8. The lowest BCUT2D eigenvalue weighted by Crippen LogP contribution is -2.32. The zero-order chi connectivity index (χ0) is 23.5. The summed E-state index contributed by atoms with van der Waals surface area (Å²) < 4.78 is 5.89. The number of nitrogens with zero attached hydrogens (tertiary/aromatic N) is 1. The lowest BCUT2D eigenvalue weighted by molar-refractivity contribution is -0.115. The average molecular weight is 496 g/mol. The van der Waals surface area contributed by atoms with E-state index in [-0.39, 0.29) is 5.11 Å². The Balaban J connectivity index is 1.42. The van der Waals surface area contributed by atoms with Crippen LogP contribution >= 0.6 is 35.4 Å². The summed E-state index contributed by atoms with van der Waals surface area (Å²) in [6.07, 6.45) is 2.94. The number of thiocarbonyl (C=S) groups is 1. The molecule has 1 amide bonds. The number of carbonyl (C=O) groups is 1. The van der Waals surface area contributed by atoms with Crippen LogP contribution in [0.15, 0.2) is 65.1 Å². The molecule has 0 radical (unpaired) electrons. The molecule has 0 spiro atoms. The molecule has 166 valence electrons. The van der Waals surface area contributed by atoms with Gasteiger partial charge >= 0.3 is 0 Å². The topological polar surface area (TPSA) is 67.2 Å². The molecule has 33 heavy (non-hydrogen) atoms. The summed E-state index contributed by atoms with van der Waals surface area (Å²) >= 11 is 17.2. The van der Waals surface area contributed by atoms with E-state index in [0.717, 1.165) is 5.56 Å². The minimum atomic E-state index is -0.391. The molecule has 4 aromatic rings. The molecule has 8 heteroatoms. The van der Waals surface area contributed by atoms with Gasteiger partial charge in [-0.2, -0.15) is 0 Å². The monoisotopic (exact) mass is 495 g/mol. The molecule has 0 saturated heterocycles. The standard InChI is InChI=1S/C25H19Cl2N3O2S/c1-14-3-4-17(11-15(14)2)24-29-21-13-19(8-9-22(21)32-24)28-25(33)30-23(31)10-6-16-5-7-18(26)12-20(16)27/h3-13H,1-2H3,(H2,28,30,31,33). The van der Waals surface area contributed by atoms with Crippen molar-refractivity contribution in [2.75, 3.05) is 5.32 Å². The number of amides is 1. The molecule has 1 heterocycles. The van der Waals surface area contributed by atoms with Crippen molar-refractivity contribution in [2.24, 2.45) is 0 Å². The third kappa shape index (κ3) is 5.60. The van der Waals surface area contributed by atoms with Crippen LogP contribution in [-0.4, -0.2) is 16.0 Å². The molecule has 0 atom stereocenters. The maximum atomic E-state index is 12.2. The minimum Gasteiger partial charge on any atom is -0.436 e. The second-order valence-electron chi connectivity index (χ2n) is 7.44. The number of nitrogens with one attached hydrogen (secondary N) is 2. The molecule has 0 aliphatic carbocycles. The van der Waals surface area contributed by atoms with Crippen LogP contribution < -0.4 is 10.6 Å². The van der Waals surface area contributed by atoms with Gasteiger partial charge < -0.3 is 9.73 Å². The Kier molecular flexibility index (Phi) is 6.79. The Morgan fingerprint density at radius 3 is 2.61 bits per heavy atom. The summed E-state index contributed by atoms with van der Waals surface area (Å²) in [6.45, 7) is 4.12. The average Bonchev–Trinajstić information content (AvgIpc) is 3.18. The zero-order valence-corrected chi connectivity index (χ0v) is 20.1. The molecule has 3 aromatic carbocycles. The van der Waals surface area contributed by atoms with E-state index < -0.39 is 5.91 Å². The molecule has 0 aliphatic rings. The number of halogens is 2. The van der Waals surface area contributed by atoms with E-state index in [9.17, 15) is 4.79 Å². The first-order valence-electron chi connectivity index (χ1n) is 10.0. The first-order chi connectivity index (χ1) is 15.8. The van der Waals surface area contributed by atoms with Gasteiger partial charge in [0, 0.05) is 27.4 Å². The highest BCUT2D eigenvalue weighted by atomic mass is 35.5. The summed E-state index contributed by atoms with van der Waals surface area (Å²) in [7, 11) is 0. The number of oxazole rings is 1. The SMILES string of the molecule is Cc1ccc(-c2nc3cc(NC(=S)NC(=O)C=Cc4ccc(Cl)cc4Cl)ccc3o2)cc1C. The number of rotatable bonds is 4. The molecule has 0 unspecified atom stereocenters. The van der Waals surface area contributed by atoms with Crippen LogP contribution in [0.5, 0.6) is 0 Å². The van der Waals surface area contributed by atoms with Crippen LogP contribution in [0, 0.1) is 13.8 Å². The Labute approximate surface area is 206 Å². The normalized spacial score (nSPS) is 11.2. The third-order valence-electron chi connectivity index (χ3n) is 5.01. The van der Waals surface area contributed by atoms with Gasteiger partial charge in [0.1, 0.15) is 5.52 Å². The van der Waals surface area contributed by atoms with Gasteiger partial charge in [0.2, 0.25) is 11.8 Å². The van der Waals surface area contributed by atoms with Crippen molar-refractivity contribution in [2.45, 2.75) is 13.8 Å². The van der Waals surface area contributed by atoms with Crippen molar-refractivity contribution in [1.29, 1.82) is 0 Å². The van der Waals surface area contributed by atoms with Crippen molar-refractivity contribution in [1.82, 2.24) is 10.3 Å². The molecule has 0 bridgehead atoms. The molecule has 5 nitrogen and oxygen atoms in total. The number of anilines is 1. The highest BCUT2D eigenvalue weighted by Crippen LogP contribution is 2.27. The van der Waals surface area contributed by atoms with E-state index in [0.29, 0.717) is 38.3 Å². The molecule has 0 saturated carbocycles. The fourth-order valence-corrected chi connectivity index (χ4v) is 3.81. The minimum absolute atomic E-state index is 0.157. The highest BCUT2D eigenvalue weighted by molar-refractivity contribution is 7.80. The van der Waals surface area contributed by atoms with Gasteiger partial charge in [-0.05, 0) is 91.3 Å². The van der Waals surface area contributed by atoms with Crippen LogP contribution in [0.25, 0.3) is 28.6 Å². The number of benzene rings is 3. The Morgan fingerprint density at radius 1 is 1.03 bits per heavy atom. The van der Waals surface area contributed by atoms with E-state index in [2.05, 4.69) is 35.5 Å². The highest BCUT2D eigenvalue weighted by Gasteiger charge is 2.11. The molecular formula is C25H19Cl2N3O2S. The molecular weight excluding hydrogens is 477 g/mol. The van der Waals surface area contributed by atoms with E-state index in [1.807, 2.05) is 24.3 Å². The van der Waals surface area contributed by atoms with Crippen LogP contribution in [-0.2, 0) is 4.79 Å². The van der Waals surface area contributed by atoms with E-state index in [4.69, 9.17) is 39.8 Å². The summed E-state index contributed by atoms with van der Waals surface area (Å²) in [5.74, 6) is 0.158. The van der Waals surface area contributed by atoms with Gasteiger partial charge in [-0.25, -0.2) is 4.98 Å². The van der Waals surface area contributed by atoms with Crippen molar-refractivity contribution in [3.05, 3.63) is 87.4 Å². The molecule has 4 rings (SSSR count). The fourth-order valence-electron chi connectivity index (χ4n) is 3.12. The number of hydrogen-bond donors (Lipinski definition) is 2. The molecule has 1 aromatic heterocycles. The summed E-state index contributed by atoms with van der Waals surface area (Å²) in [6, 6.07) is 16.5. The summed E-state index contributed by atoms with van der Waals surface area (Å²) in [5.41, 5.74) is 5.99. The van der Waals surface area contributed by atoms with Crippen LogP contribution in [0.2, 0.25) is 10.0 Å². The lowest BCUT2D eigenvalue weighted by atomic mass is 10.1. The largest absolute Gasteiger partial charge is 0.436 e. The summed E-state index contributed by atoms with van der Waals surface area (Å²) in [5, 5.41) is 6.72. The van der Waals surface area contributed by atoms with Gasteiger partial charge in [-0.1, -0.05) is 35.3 Å². The number of aromatic nitrogens is 1. The van der Waals surface area contributed by atoms with Gasteiger partial charge in [-0.15, -0.1) is 0 Å². The van der Waals surface area contributed by atoms with E-state index in [1.54, 1.807) is 30.3 Å². The van der Waals surface area contributed by atoms with Crippen LogP contribution in [0.4, 0.5) is 5.69 Å². The zero-order valence-electron chi connectivity index (χ0n) is 17.8. The van der Waals surface area contributed by atoms with Gasteiger partial charge in [0.25, 0.3) is 0 Å². The van der Waals surface area contributed by atoms with E-state index >= 15 is 0 Å². The number of aryl methyl sites for hydroxylation is 2. The predicted octanol–water partition coefficient (Wildman–Crippen LogP) is 6.94. The van der Waals surface area contributed by atoms with Gasteiger partial charge in [0.15, 0.2) is 10.7 Å². The Bertz CT molecular complexity index is 1410. The second kappa shape index (κ2) is 9.75. The first-order valence-corrected chi connectivity index (χ1v) is 11.2. The third-order valence-corrected chi connectivity index (χ3v) is 5.78. The van der Waals surface area contributed by atoms with Crippen LogP contribution in [0.3, 0.4) is 0 Å². The predicted molar refractivity (Wildman–Crippen MR) is 139 cm³/mol. The maximum absolute atomic E-state index is 12.2. The quantitative estimate of drug-likeness (QED) is 0.237. The van der Waals surface area contributed by atoms with Gasteiger partial charge in [0.05, 0.1) is 0 Å². The first kappa shape index (κ1) is 23.0. The van der Waals surface area contributed by atoms with Crippen LogP contribution in [0.1, 0.15) is 16.7 Å². The lowest BCUT2D eigenvalue weighted by Gasteiger charge is -2.07. The van der Waals surface area contributed by atoms with E-state index in [1.165, 1.54) is 17.2 Å². The van der Waals surface area contributed by atoms with Crippen molar-refractivity contribution >= 4 is 69.3 Å². The smallest absolute Gasteiger partial charge is 0.250 e. The molecule has 0 aliphatic heterocycles. The second-order valence-corrected chi connectivity index (χ2v) is 8.69. The number of hydrogen-bond acceptors (Lipinski definition) is 4. The Hall–Kier alpha value is -3.19. The van der Waals surface area contributed by atoms with Crippen molar-refractivity contribution < 1.29 is 9.21 Å². The number of carbonyl (C=O) groups excluding carboxylic acids is 1. The fraction of sp³-hybridized carbons (Fsp3) is 0.0800. The molecule has 0 fully saturated rings. The Morgan fingerprint density at radius 2 is 1.85 bits per heavy atom.